The molecule has 0 bridgehead atoms. The third-order valence-electron chi connectivity index (χ3n) is 3.86. The Morgan fingerprint density at radius 1 is 1.44 bits per heavy atom. The van der Waals surface area contributed by atoms with Gasteiger partial charge in [-0.15, -0.1) is 10.2 Å². The summed E-state index contributed by atoms with van der Waals surface area (Å²) in [6, 6.07) is 5.86. The molecule has 3 rings (SSSR count). The third kappa shape index (κ3) is 4.10. The zero-order valence-corrected chi connectivity index (χ0v) is 15.7. The highest BCUT2D eigenvalue weighted by molar-refractivity contribution is 8.01. The molecule has 1 aromatic heterocycles. The van der Waals surface area contributed by atoms with E-state index < -0.39 is 0 Å². The molecule has 0 unspecified atom stereocenters. The van der Waals surface area contributed by atoms with Crippen molar-refractivity contribution >= 4 is 45.9 Å². The van der Waals surface area contributed by atoms with Gasteiger partial charge in [0.25, 0.3) is 0 Å². The van der Waals surface area contributed by atoms with Crippen LogP contribution in [-0.2, 0) is 11.2 Å². The molecule has 2 N–H and O–H groups in total. The summed E-state index contributed by atoms with van der Waals surface area (Å²) >= 11 is 2.70. The van der Waals surface area contributed by atoms with Crippen LogP contribution in [0.15, 0.2) is 22.5 Å². The Kier molecular flexibility index (Phi) is 5.54. The van der Waals surface area contributed by atoms with E-state index in [1.54, 1.807) is 0 Å². The number of aromatic nitrogens is 2. The minimum absolute atomic E-state index is 0.173. The summed E-state index contributed by atoms with van der Waals surface area (Å²) in [4.78, 5) is 24.7. The number of hydrogen-bond donors (Lipinski definition) is 2. The van der Waals surface area contributed by atoms with Crippen molar-refractivity contribution in [1.29, 1.82) is 0 Å². The minimum atomic E-state index is -0.322. The molecular weight excluding hydrogens is 358 g/mol. The van der Waals surface area contributed by atoms with E-state index in [0.717, 1.165) is 17.7 Å². The lowest BCUT2D eigenvalue weighted by molar-refractivity contribution is -0.124. The van der Waals surface area contributed by atoms with Crippen LogP contribution in [0.2, 0.25) is 0 Å². The maximum atomic E-state index is 12.0. The van der Waals surface area contributed by atoms with Gasteiger partial charge in [0.05, 0.1) is 5.75 Å². The van der Waals surface area contributed by atoms with Crippen molar-refractivity contribution in [3.8, 4) is 0 Å². The number of thioether (sulfide) groups is 1. The molecule has 2 heterocycles. The number of rotatable bonds is 6. The SMILES string of the molecule is CCc1cccc(C)c1Nc1nnc(SCC(=O)N2CCNC2=O)s1. The van der Waals surface area contributed by atoms with Gasteiger partial charge in [0.2, 0.25) is 11.0 Å². The topological polar surface area (TPSA) is 87.2 Å². The first-order valence-corrected chi connectivity index (χ1v) is 9.78. The first-order valence-electron chi connectivity index (χ1n) is 7.98. The molecule has 25 heavy (non-hydrogen) atoms. The molecule has 0 aliphatic carbocycles. The van der Waals surface area contributed by atoms with Crippen LogP contribution in [0.3, 0.4) is 0 Å². The van der Waals surface area contributed by atoms with E-state index in [1.165, 1.54) is 33.6 Å². The number of carbonyl (C=O) groups is 2. The summed E-state index contributed by atoms with van der Waals surface area (Å²) in [7, 11) is 0. The number of urea groups is 1. The molecular formula is C16H19N5O2S2. The lowest BCUT2D eigenvalue weighted by atomic mass is 10.1. The largest absolute Gasteiger partial charge is 0.336 e. The second kappa shape index (κ2) is 7.83. The summed E-state index contributed by atoms with van der Waals surface area (Å²) in [5.74, 6) is -0.0380. The smallest absolute Gasteiger partial charge is 0.324 e. The first-order chi connectivity index (χ1) is 12.1. The molecule has 2 aromatic rings. The first kappa shape index (κ1) is 17.7. The Morgan fingerprint density at radius 2 is 2.28 bits per heavy atom. The molecule has 1 saturated heterocycles. The highest BCUT2D eigenvalue weighted by Crippen LogP contribution is 2.30. The Hall–Kier alpha value is -2.13. The molecule has 9 heteroatoms. The maximum absolute atomic E-state index is 12.0. The number of para-hydroxylation sites is 1. The number of nitrogens with zero attached hydrogens (tertiary/aromatic N) is 3. The van der Waals surface area contributed by atoms with Crippen LogP contribution in [0, 0.1) is 6.92 Å². The zero-order chi connectivity index (χ0) is 17.8. The minimum Gasteiger partial charge on any atom is -0.336 e. The van der Waals surface area contributed by atoms with Crippen LogP contribution in [0.4, 0.5) is 15.6 Å². The van der Waals surface area contributed by atoms with E-state index in [9.17, 15) is 9.59 Å². The van der Waals surface area contributed by atoms with Crippen LogP contribution < -0.4 is 10.6 Å². The summed E-state index contributed by atoms with van der Waals surface area (Å²) in [6.45, 7) is 5.10. The number of aryl methyl sites for hydroxylation is 2. The Balaban J connectivity index is 1.61. The van der Waals surface area contributed by atoms with Crippen LogP contribution in [0.25, 0.3) is 0 Å². The van der Waals surface area contributed by atoms with Crippen molar-refractivity contribution in [2.45, 2.75) is 24.6 Å². The van der Waals surface area contributed by atoms with E-state index in [0.29, 0.717) is 22.6 Å². The highest BCUT2D eigenvalue weighted by atomic mass is 32.2. The number of hydrogen-bond acceptors (Lipinski definition) is 7. The standard InChI is InChI=1S/C16H19N5O2S2/c1-3-11-6-4-5-10(2)13(11)18-14-19-20-16(25-14)24-9-12(22)21-8-7-17-15(21)23/h4-6H,3,7-9H2,1-2H3,(H,17,23)(H,18,19). The predicted octanol–water partition coefficient (Wildman–Crippen LogP) is 2.80. The molecule has 0 saturated carbocycles. The van der Waals surface area contributed by atoms with E-state index in [1.807, 2.05) is 6.07 Å². The quantitative estimate of drug-likeness (QED) is 0.753. The van der Waals surface area contributed by atoms with Gasteiger partial charge < -0.3 is 10.6 Å². The Bertz CT molecular complexity index is 793. The van der Waals surface area contributed by atoms with Gasteiger partial charge in [-0.1, -0.05) is 48.2 Å². The molecule has 1 aliphatic heterocycles. The van der Waals surface area contributed by atoms with Crippen molar-refractivity contribution < 1.29 is 9.59 Å². The average molecular weight is 377 g/mol. The van der Waals surface area contributed by atoms with Crippen molar-refractivity contribution in [3.63, 3.8) is 0 Å². The molecule has 0 radical (unpaired) electrons. The molecule has 132 valence electrons. The lowest BCUT2D eigenvalue weighted by Gasteiger charge is -2.11. The number of benzene rings is 1. The van der Waals surface area contributed by atoms with E-state index in [2.05, 4.69) is 46.8 Å². The molecule has 1 aromatic carbocycles. The zero-order valence-electron chi connectivity index (χ0n) is 14.0. The number of carbonyl (C=O) groups excluding carboxylic acids is 2. The van der Waals surface area contributed by atoms with Gasteiger partial charge in [0, 0.05) is 18.8 Å². The van der Waals surface area contributed by atoms with Crippen LogP contribution in [-0.4, -0.2) is 45.9 Å². The highest BCUT2D eigenvalue weighted by Gasteiger charge is 2.26. The van der Waals surface area contributed by atoms with Crippen molar-refractivity contribution in [1.82, 2.24) is 20.4 Å². The van der Waals surface area contributed by atoms with Crippen LogP contribution in [0.5, 0.6) is 0 Å². The Labute approximate surface area is 154 Å². The van der Waals surface area contributed by atoms with Gasteiger partial charge in [-0.25, -0.2) is 4.79 Å². The third-order valence-corrected chi connectivity index (χ3v) is 5.81. The monoisotopic (exact) mass is 377 g/mol. The van der Waals surface area contributed by atoms with Gasteiger partial charge in [0.1, 0.15) is 0 Å². The van der Waals surface area contributed by atoms with Gasteiger partial charge in [-0.2, -0.15) is 0 Å². The van der Waals surface area contributed by atoms with Crippen molar-refractivity contribution in [2.24, 2.45) is 0 Å². The Morgan fingerprint density at radius 3 is 3.00 bits per heavy atom. The molecule has 7 nitrogen and oxygen atoms in total. The van der Waals surface area contributed by atoms with Crippen LogP contribution in [0.1, 0.15) is 18.1 Å². The fourth-order valence-electron chi connectivity index (χ4n) is 2.54. The molecule has 1 aliphatic rings. The summed E-state index contributed by atoms with van der Waals surface area (Å²) in [5.41, 5.74) is 3.43. The van der Waals surface area contributed by atoms with Crippen molar-refractivity contribution in [3.05, 3.63) is 29.3 Å². The second-order valence-corrected chi connectivity index (χ2v) is 7.73. The molecule has 1 fully saturated rings. The number of anilines is 2. The molecule has 0 spiro atoms. The van der Waals surface area contributed by atoms with Crippen LogP contribution >= 0.6 is 23.1 Å². The van der Waals surface area contributed by atoms with Crippen molar-refractivity contribution in [2.75, 3.05) is 24.2 Å². The number of amides is 3. The number of nitrogens with one attached hydrogen (secondary N) is 2. The fourth-order valence-corrected chi connectivity index (χ4v) is 4.17. The van der Waals surface area contributed by atoms with E-state index in [-0.39, 0.29) is 17.7 Å². The second-order valence-electron chi connectivity index (χ2n) is 5.53. The number of imide groups is 1. The predicted molar refractivity (Wildman–Crippen MR) is 99.6 cm³/mol. The normalized spacial score (nSPS) is 13.8. The molecule has 3 amide bonds. The van der Waals surface area contributed by atoms with Gasteiger partial charge in [-0.3, -0.25) is 9.69 Å². The van der Waals surface area contributed by atoms with E-state index in [4.69, 9.17) is 0 Å². The van der Waals surface area contributed by atoms with Gasteiger partial charge >= 0.3 is 6.03 Å². The molecule has 0 atom stereocenters. The van der Waals surface area contributed by atoms with E-state index >= 15 is 0 Å². The van der Waals surface area contributed by atoms with Gasteiger partial charge in [0.15, 0.2) is 4.34 Å². The summed E-state index contributed by atoms with van der Waals surface area (Å²) < 4.78 is 0.696. The lowest BCUT2D eigenvalue weighted by Crippen LogP contribution is -2.35. The van der Waals surface area contributed by atoms with Gasteiger partial charge in [-0.05, 0) is 24.5 Å². The fraction of sp³-hybridized carbons (Fsp3) is 0.375. The summed E-state index contributed by atoms with van der Waals surface area (Å²) in [5, 5.41) is 14.9. The maximum Gasteiger partial charge on any atom is 0.324 e. The summed E-state index contributed by atoms with van der Waals surface area (Å²) in [6.07, 6.45) is 0.927. The average Bonchev–Trinajstić information content (AvgIpc) is 3.23.